The van der Waals surface area contributed by atoms with Crippen molar-refractivity contribution in [3.05, 3.63) is 0 Å². The van der Waals surface area contributed by atoms with Crippen LogP contribution in [-0.2, 0) is 24.2 Å². The molecule has 19 heavy (non-hydrogen) atoms. The molecule has 0 radical (unpaired) electrons. The predicted molar refractivity (Wildman–Crippen MR) is 67.5 cm³/mol. The molecule has 3 atom stereocenters. The third-order valence-corrected chi connectivity index (χ3v) is 4.81. The molecule has 8 heteroatoms. The second kappa shape index (κ2) is 6.33. The fraction of sp³-hybridized carbons (Fsp3) is 0.818. The molecule has 1 fully saturated rings. The summed E-state index contributed by atoms with van der Waals surface area (Å²) < 4.78 is 27.9. The third kappa shape index (κ3) is 4.79. The second-order valence-corrected chi connectivity index (χ2v) is 7.04. The second-order valence-electron chi connectivity index (χ2n) is 4.64. The average molecular weight is 293 g/mol. The summed E-state index contributed by atoms with van der Waals surface area (Å²) in [4.78, 5) is 22.5. The number of nitrogens with one attached hydrogen (secondary N) is 1. The first-order valence-electron chi connectivity index (χ1n) is 6.14. The number of aliphatic carboxylic acids is 1. The van der Waals surface area contributed by atoms with Crippen LogP contribution in [0.2, 0.25) is 0 Å². The van der Waals surface area contributed by atoms with Gasteiger partial charge in [0.1, 0.15) is 6.10 Å². The Labute approximate surface area is 112 Å². The molecule has 0 bridgehead atoms. The lowest BCUT2D eigenvalue weighted by Crippen LogP contribution is -2.43. The number of amides is 1. The van der Waals surface area contributed by atoms with Crippen molar-refractivity contribution < 1.29 is 27.9 Å². The van der Waals surface area contributed by atoms with E-state index in [1.807, 2.05) is 0 Å². The topological polar surface area (TPSA) is 110 Å². The largest absolute Gasteiger partial charge is 0.479 e. The zero-order chi connectivity index (χ0) is 14.6. The van der Waals surface area contributed by atoms with Crippen molar-refractivity contribution in [2.75, 3.05) is 11.5 Å². The highest BCUT2D eigenvalue weighted by Gasteiger charge is 2.35. The molecule has 0 aromatic rings. The molecule has 7 nitrogen and oxygen atoms in total. The van der Waals surface area contributed by atoms with Crippen LogP contribution in [0.15, 0.2) is 0 Å². The molecule has 0 saturated carbocycles. The van der Waals surface area contributed by atoms with E-state index in [1.165, 1.54) is 0 Å². The van der Waals surface area contributed by atoms with Crippen molar-refractivity contribution in [2.45, 2.75) is 44.9 Å². The number of ether oxygens (including phenoxy) is 1. The van der Waals surface area contributed by atoms with E-state index in [0.29, 0.717) is 6.42 Å². The van der Waals surface area contributed by atoms with Crippen LogP contribution in [0.5, 0.6) is 0 Å². The van der Waals surface area contributed by atoms with Crippen molar-refractivity contribution in [1.82, 2.24) is 5.32 Å². The molecule has 2 N–H and O–H groups in total. The molecule has 1 amide bonds. The van der Waals surface area contributed by atoms with Crippen LogP contribution in [0.3, 0.4) is 0 Å². The summed E-state index contributed by atoms with van der Waals surface area (Å²) in [6.07, 6.45) is -1.15. The quantitative estimate of drug-likeness (QED) is 0.687. The van der Waals surface area contributed by atoms with Gasteiger partial charge in [-0.2, -0.15) is 0 Å². The molecule has 0 aliphatic carbocycles. The molecule has 110 valence electrons. The van der Waals surface area contributed by atoms with Gasteiger partial charge in [0.25, 0.3) is 0 Å². The van der Waals surface area contributed by atoms with Crippen LogP contribution in [0.4, 0.5) is 0 Å². The molecule has 0 aromatic heterocycles. The molecule has 0 spiro atoms. The molecule has 1 saturated heterocycles. The number of sulfone groups is 1. The number of carboxylic acids is 1. The molecule has 1 aliphatic rings. The molecule has 0 aromatic carbocycles. The van der Waals surface area contributed by atoms with Gasteiger partial charge < -0.3 is 15.2 Å². The van der Waals surface area contributed by atoms with Crippen LogP contribution in [0.1, 0.15) is 26.7 Å². The maximum Gasteiger partial charge on any atom is 0.332 e. The zero-order valence-electron chi connectivity index (χ0n) is 11.0. The zero-order valence-corrected chi connectivity index (χ0v) is 11.8. The summed E-state index contributed by atoms with van der Waals surface area (Å²) in [6.45, 7) is 3.14. The number of hydrogen-bond acceptors (Lipinski definition) is 5. The van der Waals surface area contributed by atoms with Crippen LogP contribution in [0, 0.1) is 0 Å². The van der Waals surface area contributed by atoms with E-state index in [1.54, 1.807) is 13.8 Å². The third-order valence-electron chi connectivity index (χ3n) is 2.92. The van der Waals surface area contributed by atoms with Crippen LogP contribution >= 0.6 is 0 Å². The van der Waals surface area contributed by atoms with E-state index >= 15 is 0 Å². The van der Waals surface area contributed by atoms with Crippen molar-refractivity contribution >= 4 is 21.7 Å². The van der Waals surface area contributed by atoms with Crippen LogP contribution in [0.25, 0.3) is 0 Å². The highest BCUT2D eigenvalue weighted by molar-refractivity contribution is 7.91. The molecule has 1 unspecified atom stereocenters. The summed E-state index contributed by atoms with van der Waals surface area (Å²) in [5.74, 6) is -1.65. The van der Waals surface area contributed by atoms with Gasteiger partial charge in [-0.25, -0.2) is 13.2 Å². The Balaban J connectivity index is 2.46. The van der Waals surface area contributed by atoms with Gasteiger partial charge in [0.05, 0.1) is 5.75 Å². The molecule has 1 heterocycles. The highest BCUT2D eigenvalue weighted by atomic mass is 32.2. The number of carboxylic acid groups (broad SMARTS) is 1. The first-order chi connectivity index (χ1) is 8.75. The van der Waals surface area contributed by atoms with Crippen LogP contribution < -0.4 is 5.32 Å². The van der Waals surface area contributed by atoms with Crippen molar-refractivity contribution in [2.24, 2.45) is 0 Å². The minimum Gasteiger partial charge on any atom is -0.479 e. The lowest BCUT2D eigenvalue weighted by atomic mass is 10.2. The predicted octanol–water partition coefficient (Wildman–Crippen LogP) is -0.442. The van der Waals surface area contributed by atoms with Crippen molar-refractivity contribution in [1.29, 1.82) is 0 Å². The van der Waals surface area contributed by atoms with Gasteiger partial charge in [0, 0.05) is 11.8 Å². The Morgan fingerprint density at radius 2 is 1.95 bits per heavy atom. The first-order valence-corrected chi connectivity index (χ1v) is 7.96. The monoisotopic (exact) mass is 293 g/mol. The van der Waals surface area contributed by atoms with E-state index in [2.05, 4.69) is 5.32 Å². The fourth-order valence-corrected chi connectivity index (χ4v) is 2.97. The Morgan fingerprint density at radius 1 is 1.37 bits per heavy atom. The summed E-state index contributed by atoms with van der Waals surface area (Å²) >= 11 is 0. The maximum absolute atomic E-state index is 11.8. The van der Waals surface area contributed by atoms with Gasteiger partial charge in [-0.15, -0.1) is 0 Å². The van der Waals surface area contributed by atoms with Gasteiger partial charge in [0.2, 0.25) is 5.91 Å². The highest BCUT2D eigenvalue weighted by Crippen LogP contribution is 2.20. The van der Waals surface area contributed by atoms with Crippen molar-refractivity contribution in [3.8, 4) is 0 Å². The van der Waals surface area contributed by atoms with Gasteiger partial charge >= 0.3 is 5.97 Å². The van der Waals surface area contributed by atoms with E-state index < -0.39 is 40.0 Å². The average Bonchev–Trinajstić information content (AvgIpc) is 2.77. The van der Waals surface area contributed by atoms with Gasteiger partial charge in [-0.3, -0.25) is 4.79 Å². The van der Waals surface area contributed by atoms with E-state index in [4.69, 9.17) is 9.84 Å². The molecule has 1 rings (SSSR count). The molecular formula is C11H19NO6S. The summed E-state index contributed by atoms with van der Waals surface area (Å²) in [5.41, 5.74) is 0. The maximum atomic E-state index is 11.8. The van der Waals surface area contributed by atoms with E-state index in [0.717, 1.165) is 0 Å². The first kappa shape index (κ1) is 15.9. The van der Waals surface area contributed by atoms with Gasteiger partial charge in [-0.1, -0.05) is 6.92 Å². The number of carbonyl (C=O) groups is 2. The van der Waals surface area contributed by atoms with Crippen LogP contribution in [-0.4, -0.2) is 55.2 Å². The standard InChI is InChI=1S/C11H19NO6S/c1-3-19(16,17)6-7(2)12-10(13)8-4-5-9(18-8)11(14)15/h7-9H,3-6H2,1-2H3,(H,12,13)(H,14,15)/t7?,8-,9+/m0/s1. The van der Waals surface area contributed by atoms with Gasteiger partial charge in [0.15, 0.2) is 15.9 Å². The lowest BCUT2D eigenvalue weighted by molar-refractivity contribution is -0.151. The Bertz CT molecular complexity index is 446. The summed E-state index contributed by atoms with van der Waals surface area (Å²) in [5, 5.41) is 11.3. The fourth-order valence-electron chi connectivity index (χ4n) is 1.89. The van der Waals surface area contributed by atoms with E-state index in [-0.39, 0.29) is 17.9 Å². The summed E-state index contributed by atoms with van der Waals surface area (Å²) in [6, 6.07) is -0.523. The Kier molecular flexibility index (Phi) is 5.30. The molecule has 1 aliphatic heterocycles. The smallest absolute Gasteiger partial charge is 0.332 e. The normalized spacial score (nSPS) is 24.9. The summed E-state index contributed by atoms with van der Waals surface area (Å²) in [7, 11) is -3.16. The Morgan fingerprint density at radius 3 is 2.42 bits per heavy atom. The number of rotatable bonds is 6. The molecular weight excluding hydrogens is 274 g/mol. The number of hydrogen-bond donors (Lipinski definition) is 2. The van der Waals surface area contributed by atoms with Crippen molar-refractivity contribution in [3.63, 3.8) is 0 Å². The Hall–Kier alpha value is -1.15. The van der Waals surface area contributed by atoms with Gasteiger partial charge in [-0.05, 0) is 19.8 Å². The minimum absolute atomic E-state index is 0.0221. The SMILES string of the molecule is CCS(=O)(=O)CC(C)NC(=O)[C@@H]1CC[C@H](C(=O)O)O1. The minimum atomic E-state index is -3.16. The number of carbonyl (C=O) groups excluding carboxylic acids is 1. The van der Waals surface area contributed by atoms with E-state index in [9.17, 15) is 18.0 Å². The lowest BCUT2D eigenvalue weighted by Gasteiger charge is -2.17.